The van der Waals surface area contributed by atoms with Gasteiger partial charge in [0.2, 0.25) is 0 Å². The van der Waals surface area contributed by atoms with Crippen molar-refractivity contribution in [1.82, 2.24) is 0 Å². The van der Waals surface area contributed by atoms with Gasteiger partial charge in [-0.15, -0.1) is 0 Å². The number of carbonyl (C=O) groups excluding carboxylic acids is 2. The SMILES string of the molecule is O=C1c2cccc(Nc3ccc(N4CCOCC4)cc3)c2C(=O)c2cccc(Nc3ccc(N4CCOCC4)cc3)c21. The number of ether oxygens (including phenoxy) is 2. The highest BCUT2D eigenvalue weighted by atomic mass is 16.5. The molecule has 0 atom stereocenters. The molecule has 3 aliphatic rings. The number of anilines is 6. The predicted molar refractivity (Wildman–Crippen MR) is 165 cm³/mol. The minimum Gasteiger partial charge on any atom is -0.378 e. The van der Waals surface area contributed by atoms with Crippen LogP contribution in [0.25, 0.3) is 0 Å². The Hall–Kier alpha value is -4.66. The van der Waals surface area contributed by atoms with Gasteiger partial charge in [-0.05, 0) is 60.7 Å². The number of hydrogen-bond acceptors (Lipinski definition) is 8. The summed E-state index contributed by atoms with van der Waals surface area (Å²) in [5.74, 6) is -0.335. The van der Waals surface area contributed by atoms with Crippen molar-refractivity contribution in [1.29, 1.82) is 0 Å². The first-order chi connectivity index (χ1) is 20.7. The molecule has 2 N–H and O–H groups in total. The average molecular weight is 561 g/mol. The maximum atomic E-state index is 13.9. The Kier molecular flexibility index (Phi) is 7.07. The lowest BCUT2D eigenvalue weighted by atomic mass is 9.82. The van der Waals surface area contributed by atoms with Gasteiger partial charge in [-0.1, -0.05) is 24.3 Å². The molecule has 0 saturated carbocycles. The molecule has 0 spiro atoms. The second kappa shape index (κ2) is 11.3. The monoisotopic (exact) mass is 560 g/mol. The first-order valence-corrected chi connectivity index (χ1v) is 14.4. The van der Waals surface area contributed by atoms with Crippen LogP contribution in [0.5, 0.6) is 0 Å². The van der Waals surface area contributed by atoms with E-state index in [-0.39, 0.29) is 11.6 Å². The normalized spacial score (nSPS) is 16.6. The van der Waals surface area contributed by atoms with Crippen molar-refractivity contribution < 1.29 is 19.1 Å². The number of hydrogen-bond donors (Lipinski definition) is 2. The molecule has 0 amide bonds. The van der Waals surface area contributed by atoms with E-state index < -0.39 is 0 Å². The first kappa shape index (κ1) is 26.3. The summed E-state index contributed by atoms with van der Waals surface area (Å²) in [6.45, 7) is 6.38. The number of nitrogens with zero attached hydrogens (tertiary/aromatic N) is 2. The third-order valence-corrected chi connectivity index (χ3v) is 8.12. The third-order valence-electron chi connectivity index (χ3n) is 8.12. The zero-order chi connectivity index (χ0) is 28.5. The molecule has 0 unspecified atom stereocenters. The lowest BCUT2D eigenvalue weighted by Gasteiger charge is -2.29. The summed E-state index contributed by atoms with van der Waals surface area (Å²) < 4.78 is 10.9. The molecule has 2 heterocycles. The van der Waals surface area contributed by atoms with Crippen LogP contribution < -0.4 is 20.4 Å². The Bertz CT molecular complexity index is 1500. The van der Waals surface area contributed by atoms with Crippen LogP contribution in [0.4, 0.5) is 34.1 Å². The van der Waals surface area contributed by atoms with Gasteiger partial charge in [-0.25, -0.2) is 0 Å². The molecule has 0 aromatic heterocycles. The molecule has 7 rings (SSSR count). The number of benzene rings is 4. The fourth-order valence-electron chi connectivity index (χ4n) is 5.92. The van der Waals surface area contributed by atoms with Crippen molar-refractivity contribution in [3.63, 3.8) is 0 Å². The predicted octanol–water partition coefficient (Wildman–Crippen LogP) is 5.62. The first-order valence-electron chi connectivity index (χ1n) is 14.4. The van der Waals surface area contributed by atoms with Crippen LogP contribution in [0, 0.1) is 0 Å². The van der Waals surface area contributed by atoms with Crippen LogP contribution >= 0.6 is 0 Å². The van der Waals surface area contributed by atoms with Crippen molar-refractivity contribution in [2.75, 3.05) is 73.0 Å². The van der Waals surface area contributed by atoms with Crippen LogP contribution in [-0.2, 0) is 9.47 Å². The Morgan fingerprint density at radius 3 is 1.26 bits per heavy atom. The summed E-state index contributed by atoms with van der Waals surface area (Å²) in [6, 6.07) is 27.1. The zero-order valence-electron chi connectivity index (χ0n) is 23.3. The minimum absolute atomic E-state index is 0.168. The lowest BCUT2D eigenvalue weighted by Crippen LogP contribution is -2.36. The Balaban J connectivity index is 1.14. The van der Waals surface area contributed by atoms with E-state index in [0.717, 1.165) is 75.4 Å². The van der Waals surface area contributed by atoms with Crippen molar-refractivity contribution >= 4 is 45.7 Å². The van der Waals surface area contributed by atoms with Gasteiger partial charge >= 0.3 is 0 Å². The summed E-state index contributed by atoms with van der Waals surface area (Å²) in [5, 5.41) is 6.77. The van der Waals surface area contributed by atoms with Crippen LogP contribution in [0.1, 0.15) is 31.8 Å². The molecule has 42 heavy (non-hydrogen) atoms. The minimum atomic E-state index is -0.168. The van der Waals surface area contributed by atoms with Crippen molar-refractivity contribution in [3.05, 3.63) is 107 Å². The number of ketones is 2. The van der Waals surface area contributed by atoms with Crippen molar-refractivity contribution in [2.45, 2.75) is 0 Å². The number of morpholine rings is 2. The fourth-order valence-corrected chi connectivity index (χ4v) is 5.92. The largest absolute Gasteiger partial charge is 0.378 e. The van der Waals surface area contributed by atoms with E-state index in [0.29, 0.717) is 33.6 Å². The van der Waals surface area contributed by atoms with Gasteiger partial charge in [0.25, 0.3) is 0 Å². The molecule has 0 radical (unpaired) electrons. The van der Waals surface area contributed by atoms with Crippen molar-refractivity contribution in [2.24, 2.45) is 0 Å². The van der Waals surface area contributed by atoms with E-state index >= 15 is 0 Å². The maximum absolute atomic E-state index is 13.9. The Morgan fingerprint density at radius 2 is 0.881 bits per heavy atom. The summed E-state index contributed by atoms with van der Waals surface area (Å²) in [6.07, 6.45) is 0. The molecule has 8 nitrogen and oxygen atoms in total. The number of rotatable bonds is 6. The van der Waals surface area contributed by atoms with E-state index in [2.05, 4.69) is 44.7 Å². The third kappa shape index (κ3) is 5.00. The molecule has 2 aliphatic heterocycles. The zero-order valence-corrected chi connectivity index (χ0v) is 23.3. The quantitative estimate of drug-likeness (QED) is 0.277. The van der Waals surface area contributed by atoms with Gasteiger partial charge in [0.1, 0.15) is 0 Å². The summed E-state index contributed by atoms with van der Waals surface area (Å²) >= 11 is 0. The molecule has 4 aromatic rings. The van der Waals surface area contributed by atoms with Gasteiger partial charge < -0.3 is 29.9 Å². The summed E-state index contributed by atoms with van der Waals surface area (Å²) in [7, 11) is 0. The second-order valence-corrected chi connectivity index (χ2v) is 10.7. The highest BCUT2D eigenvalue weighted by Gasteiger charge is 2.33. The molecular weight excluding hydrogens is 528 g/mol. The molecule has 2 fully saturated rings. The molecule has 212 valence electrons. The Labute approximate surface area is 244 Å². The highest BCUT2D eigenvalue weighted by Crippen LogP contribution is 2.37. The van der Waals surface area contributed by atoms with Crippen LogP contribution in [0.15, 0.2) is 84.9 Å². The van der Waals surface area contributed by atoms with Crippen LogP contribution in [0.2, 0.25) is 0 Å². The van der Waals surface area contributed by atoms with Gasteiger partial charge in [0.05, 0.1) is 48.9 Å². The van der Waals surface area contributed by atoms with Crippen LogP contribution in [0.3, 0.4) is 0 Å². The average Bonchev–Trinajstić information content (AvgIpc) is 3.05. The standard InChI is InChI=1S/C34H32N4O4/c39-33-27-3-1-5-29(35-23-7-11-25(12-8-23)37-15-19-41-20-16-37)31(27)34(40)28-4-2-6-30(32(28)33)36-24-9-13-26(14-10-24)38-17-21-42-22-18-38/h1-14,35-36H,15-22H2. The number of carbonyl (C=O) groups is 2. The number of nitrogens with one attached hydrogen (secondary N) is 2. The molecule has 2 saturated heterocycles. The topological polar surface area (TPSA) is 83.1 Å². The summed E-state index contributed by atoms with van der Waals surface area (Å²) in [5.41, 5.74) is 6.81. The van der Waals surface area contributed by atoms with E-state index in [9.17, 15) is 9.59 Å². The van der Waals surface area contributed by atoms with E-state index in [1.54, 1.807) is 12.1 Å². The smallest absolute Gasteiger partial charge is 0.196 e. The fraction of sp³-hybridized carbons (Fsp3) is 0.235. The molecule has 4 aromatic carbocycles. The maximum Gasteiger partial charge on any atom is 0.196 e. The lowest BCUT2D eigenvalue weighted by molar-refractivity contribution is 0.0980. The van der Waals surface area contributed by atoms with Gasteiger partial charge in [0, 0.05) is 60.1 Å². The van der Waals surface area contributed by atoms with Gasteiger partial charge in [-0.2, -0.15) is 0 Å². The van der Waals surface area contributed by atoms with Gasteiger partial charge in [-0.3, -0.25) is 9.59 Å². The number of fused-ring (bicyclic) bond motifs is 2. The van der Waals surface area contributed by atoms with Crippen LogP contribution in [-0.4, -0.2) is 64.2 Å². The van der Waals surface area contributed by atoms with E-state index in [1.807, 2.05) is 48.5 Å². The molecular formula is C34H32N4O4. The van der Waals surface area contributed by atoms with Crippen molar-refractivity contribution in [3.8, 4) is 0 Å². The highest BCUT2D eigenvalue weighted by molar-refractivity contribution is 6.32. The van der Waals surface area contributed by atoms with E-state index in [1.165, 1.54) is 0 Å². The van der Waals surface area contributed by atoms with Gasteiger partial charge in [0.15, 0.2) is 11.6 Å². The molecule has 8 heteroatoms. The van der Waals surface area contributed by atoms with E-state index in [4.69, 9.17) is 9.47 Å². The Morgan fingerprint density at radius 1 is 0.500 bits per heavy atom. The summed E-state index contributed by atoms with van der Waals surface area (Å²) in [4.78, 5) is 32.4. The second-order valence-electron chi connectivity index (χ2n) is 10.7. The molecule has 0 bridgehead atoms. The molecule has 1 aliphatic carbocycles.